The lowest BCUT2D eigenvalue weighted by Gasteiger charge is -2.30. The SMILES string of the molecule is COc1ccc(/C=N\NC(=S)N[C@@H]2CCCC[C@@H]2C)cc1OC(F)F. The van der Waals surface area contributed by atoms with Crippen LogP contribution in [0.4, 0.5) is 8.78 Å². The number of alkyl halides is 2. The molecular weight excluding hydrogens is 348 g/mol. The third kappa shape index (κ3) is 6.12. The molecule has 1 aromatic carbocycles. The average Bonchev–Trinajstić information content (AvgIpc) is 2.57. The molecule has 0 heterocycles. The fraction of sp³-hybridized carbons (Fsp3) is 0.529. The van der Waals surface area contributed by atoms with Gasteiger partial charge in [-0.3, -0.25) is 5.43 Å². The Morgan fingerprint density at radius 1 is 1.32 bits per heavy atom. The second-order valence-corrected chi connectivity index (χ2v) is 6.41. The van der Waals surface area contributed by atoms with Crippen LogP contribution in [0.15, 0.2) is 23.3 Å². The summed E-state index contributed by atoms with van der Waals surface area (Å²) in [6.45, 7) is -0.710. The summed E-state index contributed by atoms with van der Waals surface area (Å²) in [5.41, 5.74) is 3.34. The monoisotopic (exact) mass is 371 g/mol. The van der Waals surface area contributed by atoms with Crippen molar-refractivity contribution in [2.45, 2.75) is 45.3 Å². The number of benzene rings is 1. The van der Waals surface area contributed by atoms with Crippen molar-refractivity contribution in [3.8, 4) is 11.5 Å². The highest BCUT2D eigenvalue weighted by Crippen LogP contribution is 2.29. The molecule has 0 amide bonds. The Morgan fingerprint density at radius 3 is 2.76 bits per heavy atom. The number of nitrogens with one attached hydrogen (secondary N) is 2. The molecule has 1 aromatic rings. The van der Waals surface area contributed by atoms with E-state index in [0.29, 0.717) is 22.6 Å². The summed E-state index contributed by atoms with van der Waals surface area (Å²) in [7, 11) is 1.39. The van der Waals surface area contributed by atoms with E-state index in [1.54, 1.807) is 12.1 Å². The Hall–Kier alpha value is -1.96. The number of halogens is 2. The highest BCUT2D eigenvalue weighted by Gasteiger charge is 2.21. The highest BCUT2D eigenvalue weighted by molar-refractivity contribution is 7.80. The zero-order valence-electron chi connectivity index (χ0n) is 14.3. The molecule has 0 radical (unpaired) electrons. The van der Waals surface area contributed by atoms with Crippen LogP contribution >= 0.6 is 12.2 Å². The fourth-order valence-corrected chi connectivity index (χ4v) is 3.06. The van der Waals surface area contributed by atoms with Gasteiger partial charge in [0.1, 0.15) is 0 Å². The molecule has 0 aromatic heterocycles. The molecule has 0 saturated heterocycles. The normalized spacial score (nSPS) is 20.5. The van der Waals surface area contributed by atoms with Gasteiger partial charge in [0.15, 0.2) is 16.6 Å². The third-order valence-corrected chi connectivity index (χ3v) is 4.42. The van der Waals surface area contributed by atoms with Gasteiger partial charge in [-0.15, -0.1) is 0 Å². The maximum atomic E-state index is 12.4. The second kappa shape index (κ2) is 9.50. The van der Waals surface area contributed by atoms with E-state index in [4.69, 9.17) is 17.0 Å². The molecule has 2 rings (SSSR count). The molecule has 0 bridgehead atoms. The van der Waals surface area contributed by atoms with Gasteiger partial charge < -0.3 is 14.8 Å². The van der Waals surface area contributed by atoms with E-state index in [1.807, 2.05) is 0 Å². The molecule has 1 fully saturated rings. The fourth-order valence-electron chi connectivity index (χ4n) is 2.86. The first kappa shape index (κ1) is 19.4. The van der Waals surface area contributed by atoms with Crippen LogP contribution in [-0.4, -0.2) is 31.1 Å². The van der Waals surface area contributed by atoms with Gasteiger partial charge >= 0.3 is 6.61 Å². The smallest absolute Gasteiger partial charge is 0.387 e. The van der Waals surface area contributed by atoms with E-state index in [1.165, 1.54) is 38.7 Å². The van der Waals surface area contributed by atoms with Gasteiger partial charge in [-0.2, -0.15) is 13.9 Å². The van der Waals surface area contributed by atoms with Gasteiger partial charge in [-0.1, -0.05) is 19.8 Å². The Kier molecular flexibility index (Phi) is 7.36. The van der Waals surface area contributed by atoms with Crippen LogP contribution < -0.4 is 20.2 Å². The van der Waals surface area contributed by atoms with Gasteiger partial charge in [0.05, 0.1) is 13.3 Å². The summed E-state index contributed by atoms with van der Waals surface area (Å²) < 4.78 is 34.3. The lowest BCUT2D eigenvalue weighted by molar-refractivity contribution is -0.0512. The molecular formula is C17H23F2N3O2S. The van der Waals surface area contributed by atoms with E-state index in [9.17, 15) is 8.78 Å². The largest absolute Gasteiger partial charge is 0.493 e. The molecule has 0 spiro atoms. The van der Waals surface area contributed by atoms with Crippen LogP contribution in [0.1, 0.15) is 38.2 Å². The molecule has 0 unspecified atom stereocenters. The predicted molar refractivity (Wildman–Crippen MR) is 97.5 cm³/mol. The quantitative estimate of drug-likeness (QED) is 0.454. The molecule has 0 aliphatic heterocycles. The Bertz CT molecular complexity index is 614. The van der Waals surface area contributed by atoms with Crippen molar-refractivity contribution in [1.82, 2.24) is 10.7 Å². The minimum atomic E-state index is -2.92. The van der Waals surface area contributed by atoms with Gasteiger partial charge in [0.25, 0.3) is 0 Å². The van der Waals surface area contributed by atoms with E-state index >= 15 is 0 Å². The van der Waals surface area contributed by atoms with Crippen molar-refractivity contribution in [3.05, 3.63) is 23.8 Å². The van der Waals surface area contributed by atoms with Crippen LogP contribution in [0.3, 0.4) is 0 Å². The molecule has 138 valence electrons. The first-order valence-corrected chi connectivity index (χ1v) is 8.63. The zero-order chi connectivity index (χ0) is 18.2. The second-order valence-electron chi connectivity index (χ2n) is 6.00. The van der Waals surface area contributed by atoms with E-state index < -0.39 is 6.61 Å². The van der Waals surface area contributed by atoms with E-state index in [0.717, 1.165) is 6.42 Å². The number of nitrogens with zero attached hydrogens (tertiary/aromatic N) is 1. The molecule has 2 N–H and O–H groups in total. The number of methoxy groups -OCH3 is 1. The number of hydrogen-bond donors (Lipinski definition) is 2. The molecule has 25 heavy (non-hydrogen) atoms. The minimum absolute atomic E-state index is 0.0434. The summed E-state index contributed by atoms with van der Waals surface area (Å²) in [6.07, 6.45) is 6.24. The van der Waals surface area contributed by atoms with Gasteiger partial charge in [0, 0.05) is 6.04 Å². The number of rotatable bonds is 6. The standard InChI is InChI=1S/C17H23F2N3O2S/c1-11-5-3-4-6-13(11)21-17(25)22-20-10-12-7-8-14(23-2)15(9-12)24-16(18)19/h7-11,13,16H,3-6H2,1-2H3,(H2,21,22,25)/b20-10-/t11-,13+/m0/s1. The lowest BCUT2D eigenvalue weighted by atomic mass is 9.86. The van der Waals surface area contributed by atoms with Crippen LogP contribution in [0.5, 0.6) is 11.5 Å². The Labute approximate surface area is 151 Å². The van der Waals surface area contributed by atoms with Crippen LogP contribution in [0.2, 0.25) is 0 Å². The van der Waals surface area contributed by atoms with Crippen molar-refractivity contribution in [1.29, 1.82) is 0 Å². The van der Waals surface area contributed by atoms with E-state index in [2.05, 4.69) is 27.5 Å². The van der Waals surface area contributed by atoms with Crippen LogP contribution in [-0.2, 0) is 0 Å². The summed E-state index contributed by atoms with van der Waals surface area (Å²) in [4.78, 5) is 0. The Morgan fingerprint density at radius 2 is 2.08 bits per heavy atom. The van der Waals surface area contributed by atoms with Gasteiger partial charge in [-0.05, 0) is 54.7 Å². The first-order valence-electron chi connectivity index (χ1n) is 8.22. The van der Waals surface area contributed by atoms with Crippen LogP contribution in [0, 0.1) is 5.92 Å². The number of hydrazone groups is 1. The van der Waals surface area contributed by atoms with E-state index in [-0.39, 0.29) is 11.5 Å². The summed E-state index contributed by atoms with van der Waals surface area (Å²) >= 11 is 5.25. The topological polar surface area (TPSA) is 54.9 Å². The van der Waals surface area contributed by atoms with Gasteiger partial charge in [-0.25, -0.2) is 0 Å². The van der Waals surface area contributed by atoms with Crippen molar-refractivity contribution in [2.24, 2.45) is 11.0 Å². The summed E-state index contributed by atoms with van der Waals surface area (Å²) in [5, 5.41) is 7.77. The Balaban J connectivity index is 1.91. The van der Waals surface area contributed by atoms with Crippen molar-refractivity contribution >= 4 is 23.5 Å². The van der Waals surface area contributed by atoms with Gasteiger partial charge in [0.2, 0.25) is 0 Å². The zero-order valence-corrected chi connectivity index (χ0v) is 15.1. The maximum Gasteiger partial charge on any atom is 0.387 e. The lowest BCUT2D eigenvalue weighted by Crippen LogP contribution is -2.44. The summed E-state index contributed by atoms with van der Waals surface area (Å²) in [5.74, 6) is 0.764. The number of hydrogen-bond acceptors (Lipinski definition) is 4. The maximum absolute atomic E-state index is 12.4. The first-order chi connectivity index (χ1) is 12.0. The molecule has 8 heteroatoms. The number of thiocarbonyl (C=S) groups is 1. The predicted octanol–water partition coefficient (Wildman–Crippen LogP) is 3.67. The average molecular weight is 371 g/mol. The van der Waals surface area contributed by atoms with Crippen molar-refractivity contribution in [2.75, 3.05) is 7.11 Å². The molecule has 1 saturated carbocycles. The van der Waals surface area contributed by atoms with Crippen LogP contribution in [0.25, 0.3) is 0 Å². The molecule has 2 atom stereocenters. The summed E-state index contributed by atoms with van der Waals surface area (Å²) in [6, 6.07) is 5.01. The molecule has 5 nitrogen and oxygen atoms in total. The highest BCUT2D eigenvalue weighted by atomic mass is 32.1. The number of ether oxygens (including phenoxy) is 2. The minimum Gasteiger partial charge on any atom is -0.493 e. The van der Waals surface area contributed by atoms with Crippen molar-refractivity contribution in [3.63, 3.8) is 0 Å². The molecule has 1 aliphatic carbocycles. The van der Waals surface area contributed by atoms with Crippen molar-refractivity contribution < 1.29 is 18.3 Å². The molecule has 1 aliphatic rings. The third-order valence-electron chi connectivity index (χ3n) is 4.21.